The van der Waals surface area contributed by atoms with Crippen molar-refractivity contribution in [3.8, 4) is 0 Å². The highest BCUT2D eigenvalue weighted by Gasteiger charge is 2.38. The molecule has 146 valence electrons. The van der Waals surface area contributed by atoms with E-state index in [4.69, 9.17) is 10.5 Å². The predicted octanol–water partition coefficient (Wildman–Crippen LogP) is 2.13. The molecule has 9 heteroatoms. The summed E-state index contributed by atoms with van der Waals surface area (Å²) in [5.41, 5.74) is 7.02. The number of sulfone groups is 1. The standard InChI is InChI=1S/C19H21N5O3S/c20-18-17(28(25,26)12-5-2-1-3-6-12)15-16(23-18)19(22-11-21-15)24-9-10-27-14-8-4-7-13(14)24/h1-3,5-6,11,13-14,23H,4,7-10,20H2. The Labute approximate surface area is 162 Å². The summed E-state index contributed by atoms with van der Waals surface area (Å²) in [6, 6.07) is 8.50. The molecule has 2 unspecified atom stereocenters. The Bertz CT molecular complexity index is 1130. The molecule has 3 heterocycles. The van der Waals surface area contributed by atoms with Gasteiger partial charge in [0.05, 0.1) is 23.6 Å². The van der Waals surface area contributed by atoms with Gasteiger partial charge in [-0.25, -0.2) is 18.4 Å². The van der Waals surface area contributed by atoms with E-state index in [2.05, 4.69) is 19.9 Å². The minimum atomic E-state index is -3.81. The topological polar surface area (TPSA) is 114 Å². The molecule has 0 bridgehead atoms. The highest BCUT2D eigenvalue weighted by atomic mass is 32.2. The van der Waals surface area contributed by atoms with Crippen LogP contribution in [0.2, 0.25) is 0 Å². The minimum absolute atomic E-state index is 0.00795. The van der Waals surface area contributed by atoms with E-state index in [0.717, 1.165) is 19.3 Å². The summed E-state index contributed by atoms with van der Waals surface area (Å²) in [6.45, 7) is 1.32. The molecule has 28 heavy (non-hydrogen) atoms. The minimum Gasteiger partial charge on any atom is -0.384 e. The van der Waals surface area contributed by atoms with Crippen molar-refractivity contribution in [2.45, 2.75) is 41.2 Å². The lowest BCUT2D eigenvalue weighted by molar-refractivity contribution is 0.0254. The summed E-state index contributed by atoms with van der Waals surface area (Å²) in [7, 11) is -3.81. The molecular weight excluding hydrogens is 378 g/mol. The number of rotatable bonds is 3. The van der Waals surface area contributed by atoms with Gasteiger partial charge in [0.15, 0.2) is 5.82 Å². The van der Waals surface area contributed by atoms with Crippen molar-refractivity contribution >= 4 is 32.5 Å². The smallest absolute Gasteiger partial charge is 0.212 e. The second-order valence-corrected chi connectivity index (χ2v) is 9.09. The highest BCUT2D eigenvalue weighted by molar-refractivity contribution is 7.92. The van der Waals surface area contributed by atoms with E-state index >= 15 is 0 Å². The molecule has 2 atom stereocenters. The van der Waals surface area contributed by atoms with Crippen molar-refractivity contribution in [1.29, 1.82) is 0 Å². The number of aromatic nitrogens is 3. The van der Waals surface area contributed by atoms with Gasteiger partial charge in [0.1, 0.15) is 28.1 Å². The Morgan fingerprint density at radius 2 is 2.00 bits per heavy atom. The zero-order chi connectivity index (χ0) is 19.3. The fourth-order valence-electron chi connectivity index (χ4n) is 4.38. The third kappa shape index (κ3) is 2.57. The van der Waals surface area contributed by atoms with Gasteiger partial charge in [0, 0.05) is 6.54 Å². The maximum Gasteiger partial charge on any atom is 0.212 e. The van der Waals surface area contributed by atoms with Gasteiger partial charge in [-0.15, -0.1) is 0 Å². The van der Waals surface area contributed by atoms with Gasteiger partial charge in [0.2, 0.25) is 9.84 Å². The second-order valence-electron chi connectivity index (χ2n) is 7.21. The number of aromatic amines is 1. The molecule has 1 aliphatic heterocycles. The molecule has 1 aromatic carbocycles. The normalized spacial score (nSPS) is 22.5. The lowest BCUT2D eigenvalue weighted by Crippen LogP contribution is -2.49. The summed E-state index contributed by atoms with van der Waals surface area (Å²) < 4.78 is 32.3. The molecule has 2 aliphatic rings. The first-order chi connectivity index (χ1) is 13.6. The second kappa shape index (κ2) is 6.46. The van der Waals surface area contributed by atoms with Crippen molar-refractivity contribution in [1.82, 2.24) is 15.0 Å². The Balaban J connectivity index is 1.67. The molecule has 0 amide bonds. The molecule has 5 rings (SSSR count). The van der Waals surface area contributed by atoms with Gasteiger partial charge >= 0.3 is 0 Å². The van der Waals surface area contributed by atoms with E-state index in [1.807, 2.05) is 0 Å². The first-order valence-electron chi connectivity index (χ1n) is 9.38. The third-order valence-corrected chi connectivity index (χ3v) is 7.47. The van der Waals surface area contributed by atoms with Gasteiger partial charge in [-0.3, -0.25) is 0 Å². The van der Waals surface area contributed by atoms with Crippen LogP contribution < -0.4 is 10.6 Å². The first-order valence-corrected chi connectivity index (χ1v) is 10.9. The van der Waals surface area contributed by atoms with Gasteiger partial charge in [0.25, 0.3) is 0 Å². The van der Waals surface area contributed by atoms with E-state index in [9.17, 15) is 8.42 Å². The first kappa shape index (κ1) is 17.4. The predicted molar refractivity (Wildman–Crippen MR) is 105 cm³/mol. The number of hydrogen-bond acceptors (Lipinski definition) is 7. The lowest BCUT2D eigenvalue weighted by Gasteiger charge is -2.38. The number of morpholine rings is 1. The van der Waals surface area contributed by atoms with E-state index < -0.39 is 9.84 Å². The summed E-state index contributed by atoms with van der Waals surface area (Å²) in [5.74, 6) is 0.767. The molecule has 2 fully saturated rings. The third-order valence-electron chi connectivity index (χ3n) is 5.62. The fraction of sp³-hybridized carbons (Fsp3) is 0.368. The van der Waals surface area contributed by atoms with Crippen LogP contribution in [-0.2, 0) is 14.6 Å². The van der Waals surface area contributed by atoms with Gasteiger partial charge in [-0.05, 0) is 31.4 Å². The molecule has 2 aromatic heterocycles. The summed E-state index contributed by atoms with van der Waals surface area (Å²) in [4.78, 5) is 14.2. The average Bonchev–Trinajstić information content (AvgIpc) is 3.32. The van der Waals surface area contributed by atoms with Crippen LogP contribution in [0.1, 0.15) is 19.3 Å². The molecule has 0 radical (unpaired) electrons. The Kier molecular flexibility index (Phi) is 4.02. The maximum absolute atomic E-state index is 13.2. The van der Waals surface area contributed by atoms with Gasteiger partial charge in [-0.1, -0.05) is 18.2 Å². The van der Waals surface area contributed by atoms with Crippen molar-refractivity contribution in [2.24, 2.45) is 0 Å². The van der Waals surface area contributed by atoms with Crippen LogP contribution in [0.15, 0.2) is 46.5 Å². The molecule has 3 aromatic rings. The van der Waals surface area contributed by atoms with Crippen LogP contribution in [0.5, 0.6) is 0 Å². The van der Waals surface area contributed by atoms with Crippen molar-refractivity contribution < 1.29 is 13.2 Å². The number of H-pyrrole nitrogens is 1. The van der Waals surface area contributed by atoms with Gasteiger partial charge in [-0.2, -0.15) is 0 Å². The van der Waals surface area contributed by atoms with Crippen LogP contribution in [0.25, 0.3) is 11.0 Å². The highest BCUT2D eigenvalue weighted by Crippen LogP contribution is 2.38. The zero-order valence-corrected chi connectivity index (χ0v) is 16.0. The molecule has 1 aliphatic carbocycles. The largest absolute Gasteiger partial charge is 0.384 e. The Hall–Kier alpha value is -2.65. The van der Waals surface area contributed by atoms with Crippen molar-refractivity contribution in [2.75, 3.05) is 23.8 Å². The summed E-state index contributed by atoms with van der Waals surface area (Å²) in [5, 5.41) is 0. The van der Waals surface area contributed by atoms with Crippen LogP contribution in [-0.4, -0.2) is 48.7 Å². The number of hydrogen-bond donors (Lipinski definition) is 2. The summed E-state index contributed by atoms with van der Waals surface area (Å²) in [6.07, 6.45) is 4.78. The van der Waals surface area contributed by atoms with Gasteiger partial charge < -0.3 is 20.4 Å². The lowest BCUT2D eigenvalue weighted by atomic mass is 10.1. The maximum atomic E-state index is 13.2. The molecular formula is C19H21N5O3S. The summed E-state index contributed by atoms with van der Waals surface area (Å²) >= 11 is 0. The van der Waals surface area contributed by atoms with E-state index in [1.165, 1.54) is 6.33 Å². The fourth-order valence-corrected chi connectivity index (χ4v) is 5.88. The number of nitrogen functional groups attached to an aromatic ring is 1. The molecule has 0 spiro atoms. The van der Waals surface area contributed by atoms with Crippen LogP contribution in [0, 0.1) is 0 Å². The number of nitrogens with one attached hydrogen (secondary N) is 1. The monoisotopic (exact) mass is 399 g/mol. The SMILES string of the molecule is Nc1[nH]c2c(N3CCOC4CCCC43)ncnc2c1S(=O)(=O)c1ccccc1. The number of anilines is 2. The number of nitrogens with two attached hydrogens (primary N) is 1. The Morgan fingerprint density at radius 1 is 1.18 bits per heavy atom. The number of nitrogens with zero attached hydrogens (tertiary/aromatic N) is 3. The van der Waals surface area contributed by atoms with Crippen LogP contribution in [0.4, 0.5) is 11.6 Å². The molecule has 1 saturated heterocycles. The number of ether oxygens (including phenoxy) is 1. The van der Waals surface area contributed by atoms with E-state index in [0.29, 0.717) is 30.0 Å². The zero-order valence-electron chi connectivity index (χ0n) is 15.2. The van der Waals surface area contributed by atoms with E-state index in [-0.39, 0.29) is 27.8 Å². The number of fused-ring (bicyclic) bond motifs is 2. The quantitative estimate of drug-likeness (QED) is 0.693. The molecule has 3 N–H and O–H groups in total. The Morgan fingerprint density at radius 3 is 2.82 bits per heavy atom. The number of benzene rings is 1. The van der Waals surface area contributed by atoms with Crippen LogP contribution in [0.3, 0.4) is 0 Å². The molecule has 1 saturated carbocycles. The van der Waals surface area contributed by atoms with E-state index in [1.54, 1.807) is 30.3 Å². The van der Waals surface area contributed by atoms with Crippen molar-refractivity contribution in [3.05, 3.63) is 36.7 Å². The molecule has 8 nitrogen and oxygen atoms in total. The van der Waals surface area contributed by atoms with Crippen molar-refractivity contribution in [3.63, 3.8) is 0 Å². The average molecular weight is 399 g/mol. The van der Waals surface area contributed by atoms with Crippen LogP contribution >= 0.6 is 0 Å².